The highest BCUT2D eigenvalue weighted by Gasteiger charge is 2.21. The van der Waals surface area contributed by atoms with Crippen LogP contribution in [0.4, 0.5) is 5.69 Å². The molecule has 2 rings (SSSR count). The normalized spacial score (nSPS) is 14.3. The molecule has 3 N–H and O–H groups in total. The van der Waals surface area contributed by atoms with E-state index < -0.39 is 10.8 Å². The van der Waals surface area contributed by atoms with Crippen LogP contribution in [0.1, 0.15) is 28.7 Å². The first-order valence-corrected chi connectivity index (χ1v) is 9.18. The summed E-state index contributed by atoms with van der Waals surface area (Å²) in [6, 6.07) is -0.0368. The minimum atomic E-state index is -0.847. The van der Waals surface area contributed by atoms with Crippen LogP contribution in [-0.4, -0.2) is 37.9 Å². The highest BCUT2D eigenvalue weighted by molar-refractivity contribution is 7.84. The predicted molar refractivity (Wildman–Crippen MR) is 88.2 cm³/mol. The molecule has 0 fully saturated rings. The number of carbonyl (C=O) groups is 1. The molecule has 2 aromatic rings. The number of aryl methyl sites for hydroxylation is 2. The van der Waals surface area contributed by atoms with E-state index in [1.54, 1.807) is 10.9 Å². The van der Waals surface area contributed by atoms with Gasteiger partial charge in [0.2, 0.25) is 0 Å². The highest BCUT2D eigenvalue weighted by atomic mass is 32.2. The Morgan fingerprint density at radius 3 is 2.81 bits per heavy atom. The Balaban J connectivity index is 2.18. The van der Waals surface area contributed by atoms with E-state index in [1.165, 1.54) is 11.3 Å². The van der Waals surface area contributed by atoms with Gasteiger partial charge < -0.3 is 11.1 Å². The number of nitrogens with zero attached hydrogens (tertiary/aromatic N) is 2. The quantitative estimate of drug-likeness (QED) is 0.868. The number of hydrogen-bond donors (Lipinski definition) is 2. The molecule has 0 saturated heterocycles. The molecule has 21 heavy (non-hydrogen) atoms. The third kappa shape index (κ3) is 3.26. The van der Waals surface area contributed by atoms with E-state index in [0.29, 0.717) is 22.7 Å². The average Bonchev–Trinajstić information content (AvgIpc) is 2.87. The zero-order valence-electron chi connectivity index (χ0n) is 12.6. The van der Waals surface area contributed by atoms with Crippen molar-refractivity contribution in [2.75, 3.05) is 17.7 Å². The van der Waals surface area contributed by atoms with Gasteiger partial charge in [0, 0.05) is 35.9 Å². The minimum Gasteiger partial charge on any atom is -0.397 e. The fraction of sp³-hybridized carbons (Fsp3) is 0.538. The number of rotatable bonds is 5. The van der Waals surface area contributed by atoms with E-state index in [-0.39, 0.29) is 11.9 Å². The van der Waals surface area contributed by atoms with Gasteiger partial charge in [-0.3, -0.25) is 13.7 Å². The van der Waals surface area contributed by atoms with Gasteiger partial charge in [-0.1, -0.05) is 0 Å². The van der Waals surface area contributed by atoms with Gasteiger partial charge in [0.1, 0.15) is 9.71 Å². The molecule has 0 aliphatic rings. The van der Waals surface area contributed by atoms with Crippen LogP contribution in [-0.2, 0) is 17.8 Å². The summed E-state index contributed by atoms with van der Waals surface area (Å²) in [4.78, 5) is 13.7. The first-order chi connectivity index (χ1) is 9.81. The zero-order chi connectivity index (χ0) is 15.7. The van der Waals surface area contributed by atoms with Crippen LogP contribution >= 0.6 is 11.3 Å². The summed E-state index contributed by atoms with van der Waals surface area (Å²) in [5, 5.41) is 8.07. The number of nitrogens with two attached hydrogens (primary N) is 1. The smallest absolute Gasteiger partial charge is 0.263 e. The van der Waals surface area contributed by atoms with Gasteiger partial charge in [0.15, 0.2) is 0 Å². The van der Waals surface area contributed by atoms with E-state index >= 15 is 0 Å². The Morgan fingerprint density at radius 2 is 2.24 bits per heavy atom. The number of amides is 1. The Bertz CT molecular complexity index is 705. The lowest BCUT2D eigenvalue weighted by Gasteiger charge is -2.12. The molecule has 0 radical (unpaired) electrons. The molecule has 2 unspecified atom stereocenters. The molecule has 0 aliphatic carbocycles. The first-order valence-electron chi connectivity index (χ1n) is 6.63. The molecule has 8 heteroatoms. The van der Waals surface area contributed by atoms with Crippen LogP contribution in [0.15, 0.2) is 0 Å². The molecule has 2 aromatic heterocycles. The Labute approximate surface area is 130 Å². The summed E-state index contributed by atoms with van der Waals surface area (Å²) in [6.45, 7) is 3.79. The second-order valence-electron chi connectivity index (χ2n) is 5.17. The third-order valence-corrected chi connectivity index (χ3v) is 5.39. The summed E-state index contributed by atoms with van der Waals surface area (Å²) >= 11 is 1.35. The molecular formula is C13H20N4O2S2. The van der Waals surface area contributed by atoms with Gasteiger partial charge >= 0.3 is 0 Å². The van der Waals surface area contributed by atoms with Gasteiger partial charge in [-0.05, 0) is 20.3 Å². The zero-order valence-corrected chi connectivity index (χ0v) is 14.2. The van der Waals surface area contributed by atoms with E-state index in [9.17, 15) is 9.00 Å². The number of nitrogen functional groups attached to an aromatic ring is 1. The fourth-order valence-corrected chi connectivity index (χ4v) is 3.98. The van der Waals surface area contributed by atoms with Crippen molar-refractivity contribution in [2.24, 2.45) is 7.05 Å². The van der Waals surface area contributed by atoms with Gasteiger partial charge in [-0.15, -0.1) is 11.3 Å². The number of fused-ring (bicyclic) bond motifs is 1. The van der Waals surface area contributed by atoms with Crippen molar-refractivity contribution in [3.63, 3.8) is 0 Å². The standard InChI is InChI=1S/C13H20N4O2S2/c1-7(5-6-21(4)19)15-12(18)11-10(14)9-8(2)16-17(3)13(9)20-11/h7H,5-6,14H2,1-4H3,(H,15,18). The second kappa shape index (κ2) is 6.15. The summed E-state index contributed by atoms with van der Waals surface area (Å²) in [6.07, 6.45) is 2.34. The molecule has 0 spiro atoms. The van der Waals surface area contributed by atoms with E-state index in [1.807, 2.05) is 20.9 Å². The van der Waals surface area contributed by atoms with E-state index in [4.69, 9.17) is 5.73 Å². The number of thiophene rings is 1. The molecule has 1 amide bonds. The van der Waals surface area contributed by atoms with Crippen molar-refractivity contribution in [1.29, 1.82) is 0 Å². The molecule has 6 nitrogen and oxygen atoms in total. The average molecular weight is 328 g/mol. The molecule has 2 heterocycles. The topological polar surface area (TPSA) is 90.0 Å². The summed E-state index contributed by atoms with van der Waals surface area (Å²) in [5.74, 6) is 0.398. The largest absolute Gasteiger partial charge is 0.397 e. The molecule has 2 atom stereocenters. The van der Waals surface area contributed by atoms with Crippen LogP contribution in [0.2, 0.25) is 0 Å². The lowest BCUT2D eigenvalue weighted by atomic mass is 10.2. The number of hydrogen-bond acceptors (Lipinski definition) is 5. The summed E-state index contributed by atoms with van der Waals surface area (Å²) in [5.41, 5.74) is 7.42. The first kappa shape index (κ1) is 16.0. The van der Waals surface area contributed by atoms with Gasteiger partial charge in [-0.2, -0.15) is 5.10 Å². The van der Waals surface area contributed by atoms with Crippen molar-refractivity contribution < 1.29 is 9.00 Å². The minimum absolute atomic E-state index is 0.0368. The summed E-state index contributed by atoms with van der Waals surface area (Å²) < 4.78 is 12.8. The van der Waals surface area contributed by atoms with Crippen molar-refractivity contribution in [2.45, 2.75) is 26.3 Å². The number of nitrogens with one attached hydrogen (secondary N) is 1. The fourth-order valence-electron chi connectivity index (χ4n) is 2.20. The molecule has 0 bridgehead atoms. The Hall–Kier alpha value is -1.41. The number of anilines is 1. The maximum absolute atomic E-state index is 12.3. The maximum Gasteiger partial charge on any atom is 0.263 e. The van der Waals surface area contributed by atoms with E-state index in [2.05, 4.69) is 10.4 Å². The third-order valence-electron chi connectivity index (χ3n) is 3.30. The molecule has 0 aromatic carbocycles. The van der Waals surface area contributed by atoms with Gasteiger partial charge in [0.05, 0.1) is 16.8 Å². The molecule has 116 valence electrons. The van der Waals surface area contributed by atoms with Gasteiger partial charge in [-0.25, -0.2) is 0 Å². The monoisotopic (exact) mass is 328 g/mol. The van der Waals surface area contributed by atoms with Crippen molar-refractivity contribution in [3.05, 3.63) is 10.6 Å². The lowest BCUT2D eigenvalue weighted by Crippen LogP contribution is -2.33. The van der Waals surface area contributed by atoms with Crippen LogP contribution in [0.3, 0.4) is 0 Å². The molecule has 0 saturated carbocycles. The molecule has 0 aliphatic heterocycles. The molecular weight excluding hydrogens is 308 g/mol. The number of carbonyl (C=O) groups excluding carboxylic acids is 1. The SMILES string of the molecule is Cc1nn(C)c2sc(C(=O)NC(C)CCS(C)=O)c(N)c12. The second-order valence-corrected chi connectivity index (χ2v) is 7.73. The predicted octanol–water partition coefficient (Wildman–Crippen LogP) is 1.41. The van der Waals surface area contributed by atoms with Crippen LogP contribution in [0.5, 0.6) is 0 Å². The van der Waals surface area contributed by atoms with Crippen molar-refractivity contribution >= 4 is 43.9 Å². The van der Waals surface area contributed by atoms with Crippen LogP contribution < -0.4 is 11.1 Å². The van der Waals surface area contributed by atoms with Crippen LogP contribution in [0, 0.1) is 6.92 Å². The Kier molecular flexibility index (Phi) is 4.67. The van der Waals surface area contributed by atoms with E-state index in [0.717, 1.165) is 15.9 Å². The maximum atomic E-state index is 12.3. The number of aromatic nitrogens is 2. The van der Waals surface area contributed by atoms with Crippen molar-refractivity contribution in [1.82, 2.24) is 15.1 Å². The van der Waals surface area contributed by atoms with Crippen LogP contribution in [0.25, 0.3) is 10.2 Å². The highest BCUT2D eigenvalue weighted by Crippen LogP contribution is 2.35. The van der Waals surface area contributed by atoms with Crippen molar-refractivity contribution in [3.8, 4) is 0 Å². The Morgan fingerprint density at radius 1 is 1.57 bits per heavy atom. The van der Waals surface area contributed by atoms with Gasteiger partial charge in [0.25, 0.3) is 5.91 Å². The lowest BCUT2D eigenvalue weighted by molar-refractivity contribution is 0.0944. The summed E-state index contributed by atoms with van der Waals surface area (Å²) in [7, 11) is 0.992.